The summed E-state index contributed by atoms with van der Waals surface area (Å²) in [5, 5.41) is 6.97. The lowest BCUT2D eigenvalue weighted by Crippen LogP contribution is -2.04. The lowest BCUT2D eigenvalue weighted by molar-refractivity contribution is 0.589. The number of nitrogens with one attached hydrogen (secondary N) is 3. The standard InChI is InChI=1S/C16H14BrF2N3/c1-20-7-9-8-21-15-6-11(2-3-12(9)15)22-16-13(18)4-10(17)5-14(16)19/h2-6,8,20-22H,7H2,1H3. The number of aromatic amines is 1. The number of benzene rings is 2. The minimum Gasteiger partial charge on any atom is -0.361 e. The first kappa shape index (κ1) is 15.0. The highest BCUT2D eigenvalue weighted by molar-refractivity contribution is 9.10. The number of H-pyrrole nitrogens is 1. The normalized spacial score (nSPS) is 11.1. The van der Waals surface area contributed by atoms with E-state index in [1.807, 2.05) is 25.4 Å². The minimum absolute atomic E-state index is 0.162. The number of aromatic nitrogens is 1. The van der Waals surface area contributed by atoms with Crippen LogP contribution in [0.1, 0.15) is 5.56 Å². The van der Waals surface area contributed by atoms with Crippen molar-refractivity contribution >= 4 is 38.2 Å². The first-order chi connectivity index (χ1) is 10.6. The van der Waals surface area contributed by atoms with Gasteiger partial charge in [0.25, 0.3) is 0 Å². The van der Waals surface area contributed by atoms with E-state index in [2.05, 4.69) is 31.5 Å². The highest BCUT2D eigenvalue weighted by atomic mass is 79.9. The SMILES string of the molecule is CNCc1c[nH]c2cc(Nc3c(F)cc(Br)cc3F)ccc12. The molecule has 1 aromatic heterocycles. The number of fused-ring (bicyclic) bond motifs is 1. The van der Waals surface area contributed by atoms with Crippen molar-refractivity contribution < 1.29 is 8.78 Å². The zero-order valence-corrected chi connectivity index (χ0v) is 13.4. The average molecular weight is 366 g/mol. The van der Waals surface area contributed by atoms with Crippen molar-refractivity contribution in [3.05, 3.63) is 58.2 Å². The molecule has 0 saturated heterocycles. The molecule has 3 N–H and O–H groups in total. The first-order valence-corrected chi connectivity index (χ1v) is 7.54. The van der Waals surface area contributed by atoms with Crippen molar-refractivity contribution in [2.24, 2.45) is 0 Å². The largest absolute Gasteiger partial charge is 0.361 e. The fourth-order valence-corrected chi connectivity index (χ4v) is 2.81. The molecule has 1 heterocycles. The van der Waals surface area contributed by atoms with Crippen LogP contribution in [0.3, 0.4) is 0 Å². The van der Waals surface area contributed by atoms with Crippen molar-refractivity contribution in [1.82, 2.24) is 10.3 Å². The van der Waals surface area contributed by atoms with E-state index in [4.69, 9.17) is 0 Å². The first-order valence-electron chi connectivity index (χ1n) is 6.74. The summed E-state index contributed by atoms with van der Waals surface area (Å²) in [5.74, 6) is -1.29. The quantitative estimate of drug-likeness (QED) is 0.628. The van der Waals surface area contributed by atoms with Crippen molar-refractivity contribution in [2.75, 3.05) is 12.4 Å². The molecule has 0 saturated carbocycles. The molecule has 3 rings (SSSR count). The molecule has 0 fully saturated rings. The van der Waals surface area contributed by atoms with Gasteiger partial charge in [0.15, 0.2) is 11.6 Å². The molecule has 0 amide bonds. The van der Waals surface area contributed by atoms with Crippen LogP contribution in [0.25, 0.3) is 10.9 Å². The minimum atomic E-state index is -0.644. The number of anilines is 2. The van der Waals surface area contributed by atoms with Gasteiger partial charge in [-0.25, -0.2) is 8.78 Å². The Balaban J connectivity index is 1.95. The number of rotatable bonds is 4. The van der Waals surface area contributed by atoms with Crippen molar-refractivity contribution in [3.63, 3.8) is 0 Å². The molecule has 2 aromatic carbocycles. The lowest BCUT2D eigenvalue weighted by atomic mass is 10.1. The molecule has 3 nitrogen and oxygen atoms in total. The molecule has 0 aliphatic carbocycles. The topological polar surface area (TPSA) is 39.9 Å². The number of hydrogen-bond acceptors (Lipinski definition) is 2. The monoisotopic (exact) mass is 365 g/mol. The van der Waals surface area contributed by atoms with Gasteiger partial charge in [0.1, 0.15) is 5.69 Å². The zero-order valence-electron chi connectivity index (χ0n) is 11.8. The second-order valence-electron chi connectivity index (χ2n) is 4.97. The van der Waals surface area contributed by atoms with E-state index in [1.165, 1.54) is 12.1 Å². The van der Waals surface area contributed by atoms with Gasteiger partial charge in [-0.15, -0.1) is 0 Å². The third-order valence-electron chi connectivity index (χ3n) is 3.41. The summed E-state index contributed by atoms with van der Waals surface area (Å²) in [5.41, 5.74) is 2.51. The smallest absolute Gasteiger partial charge is 0.150 e. The van der Waals surface area contributed by atoms with Crippen LogP contribution in [0.5, 0.6) is 0 Å². The van der Waals surface area contributed by atoms with Gasteiger partial charge in [-0.3, -0.25) is 0 Å². The molecule has 0 unspecified atom stereocenters. The van der Waals surface area contributed by atoms with Crippen LogP contribution >= 0.6 is 15.9 Å². The summed E-state index contributed by atoms with van der Waals surface area (Å²) in [7, 11) is 1.88. The summed E-state index contributed by atoms with van der Waals surface area (Å²) in [6.45, 7) is 0.753. The summed E-state index contributed by atoms with van der Waals surface area (Å²) < 4.78 is 28.1. The van der Waals surface area contributed by atoms with Crippen LogP contribution < -0.4 is 10.6 Å². The van der Waals surface area contributed by atoms with Crippen molar-refractivity contribution in [1.29, 1.82) is 0 Å². The Hall–Kier alpha value is -1.92. The molecule has 0 atom stereocenters. The van der Waals surface area contributed by atoms with Crippen molar-refractivity contribution in [2.45, 2.75) is 6.54 Å². The number of halogens is 3. The van der Waals surface area contributed by atoms with Gasteiger partial charge in [-0.1, -0.05) is 22.0 Å². The molecule has 0 aliphatic rings. The lowest BCUT2D eigenvalue weighted by Gasteiger charge is -2.09. The fourth-order valence-electron chi connectivity index (χ4n) is 2.41. The summed E-state index contributed by atoms with van der Waals surface area (Å²) in [4.78, 5) is 3.16. The average Bonchev–Trinajstić information content (AvgIpc) is 2.86. The molecule has 0 spiro atoms. The third kappa shape index (κ3) is 2.84. The van der Waals surface area contributed by atoms with E-state index in [-0.39, 0.29) is 5.69 Å². The molecule has 22 heavy (non-hydrogen) atoms. The maximum atomic E-state index is 13.9. The molecule has 0 bridgehead atoms. The highest BCUT2D eigenvalue weighted by Gasteiger charge is 2.11. The van der Waals surface area contributed by atoms with E-state index >= 15 is 0 Å². The molecule has 0 aliphatic heterocycles. The van der Waals surface area contributed by atoms with Crippen molar-refractivity contribution in [3.8, 4) is 0 Å². The molecular formula is C16H14BrF2N3. The van der Waals surface area contributed by atoms with Crippen LogP contribution in [0, 0.1) is 11.6 Å². The van der Waals surface area contributed by atoms with Crippen LogP contribution in [-0.4, -0.2) is 12.0 Å². The Bertz CT molecular complexity index is 806. The third-order valence-corrected chi connectivity index (χ3v) is 3.87. The Morgan fingerprint density at radius 2 is 1.86 bits per heavy atom. The predicted molar refractivity (Wildman–Crippen MR) is 88.4 cm³/mol. The Kier molecular flexibility index (Phi) is 4.13. The van der Waals surface area contributed by atoms with Crippen LogP contribution in [0.15, 0.2) is 41.0 Å². The zero-order chi connectivity index (χ0) is 15.7. The van der Waals surface area contributed by atoms with E-state index in [0.717, 1.165) is 23.0 Å². The van der Waals surface area contributed by atoms with E-state index in [0.29, 0.717) is 10.2 Å². The van der Waals surface area contributed by atoms with Crippen LogP contribution in [0.4, 0.5) is 20.2 Å². The molecule has 6 heteroatoms. The molecular weight excluding hydrogens is 352 g/mol. The van der Waals surface area contributed by atoms with Gasteiger partial charge in [-0.05, 0) is 36.9 Å². The Morgan fingerprint density at radius 3 is 2.55 bits per heavy atom. The van der Waals surface area contributed by atoms with E-state index in [1.54, 1.807) is 6.07 Å². The second kappa shape index (κ2) is 6.06. The Morgan fingerprint density at radius 1 is 1.14 bits per heavy atom. The van der Waals surface area contributed by atoms with Crippen LogP contribution in [0.2, 0.25) is 0 Å². The fraction of sp³-hybridized carbons (Fsp3) is 0.125. The summed E-state index contributed by atoms with van der Waals surface area (Å²) in [6.07, 6.45) is 1.92. The summed E-state index contributed by atoms with van der Waals surface area (Å²) >= 11 is 3.06. The van der Waals surface area contributed by atoms with Crippen LogP contribution in [-0.2, 0) is 6.54 Å². The van der Waals surface area contributed by atoms with Gasteiger partial charge in [-0.2, -0.15) is 0 Å². The molecule has 114 valence electrons. The second-order valence-corrected chi connectivity index (χ2v) is 5.89. The Labute approximate surface area is 134 Å². The van der Waals surface area contributed by atoms with Gasteiger partial charge < -0.3 is 15.6 Å². The maximum Gasteiger partial charge on any atom is 0.150 e. The maximum absolute atomic E-state index is 13.9. The van der Waals surface area contributed by atoms with Gasteiger partial charge in [0.05, 0.1) is 0 Å². The van der Waals surface area contributed by atoms with E-state index < -0.39 is 11.6 Å². The molecule has 0 radical (unpaired) electrons. The number of hydrogen-bond donors (Lipinski definition) is 3. The molecule has 3 aromatic rings. The highest BCUT2D eigenvalue weighted by Crippen LogP contribution is 2.29. The van der Waals surface area contributed by atoms with Gasteiger partial charge >= 0.3 is 0 Å². The summed E-state index contributed by atoms with van der Waals surface area (Å²) in [6, 6.07) is 8.01. The van der Waals surface area contributed by atoms with Gasteiger partial charge in [0.2, 0.25) is 0 Å². The van der Waals surface area contributed by atoms with Gasteiger partial charge in [0, 0.05) is 33.8 Å². The van der Waals surface area contributed by atoms with E-state index in [9.17, 15) is 8.78 Å². The predicted octanol–water partition coefficient (Wildman–Crippen LogP) is 4.67.